The van der Waals surface area contributed by atoms with Crippen molar-refractivity contribution in [3.8, 4) is 0 Å². The standard InChI is InChI=1S/C20H28N6O3/c1-20(2,3)16-6-8-18(28)26(22-16)14-11-24-9-12-25(13-10-24)19(29)15-5-7-17(27)23(4)21-15/h5-8H,9-14H2,1-4H3. The second-order valence-corrected chi connectivity index (χ2v) is 8.34. The van der Waals surface area contributed by atoms with E-state index >= 15 is 0 Å². The molecule has 0 atom stereocenters. The van der Waals surface area contributed by atoms with Gasteiger partial charge in [0.15, 0.2) is 0 Å². The predicted octanol–water partition coefficient (Wildman–Crippen LogP) is 0.0925. The van der Waals surface area contributed by atoms with E-state index in [9.17, 15) is 14.4 Å². The number of rotatable bonds is 4. The molecule has 0 aliphatic carbocycles. The minimum Gasteiger partial charge on any atom is -0.335 e. The van der Waals surface area contributed by atoms with E-state index in [1.54, 1.807) is 17.0 Å². The van der Waals surface area contributed by atoms with Crippen LogP contribution >= 0.6 is 0 Å². The number of carbonyl (C=O) groups excluding carboxylic acids is 1. The SMILES string of the molecule is Cn1nc(C(=O)N2CCN(CCn3nc(C(C)(C)C)ccc3=O)CC2)ccc1=O. The molecule has 1 aliphatic heterocycles. The third-order valence-electron chi connectivity index (χ3n) is 5.10. The Morgan fingerprint density at radius 2 is 1.59 bits per heavy atom. The summed E-state index contributed by atoms with van der Waals surface area (Å²) in [7, 11) is 1.53. The van der Waals surface area contributed by atoms with Crippen LogP contribution in [-0.4, -0.2) is 68.0 Å². The van der Waals surface area contributed by atoms with Crippen molar-refractivity contribution >= 4 is 5.91 Å². The first kappa shape index (κ1) is 20.9. The lowest BCUT2D eigenvalue weighted by Crippen LogP contribution is -2.50. The third kappa shape index (κ3) is 4.97. The number of carbonyl (C=O) groups is 1. The third-order valence-corrected chi connectivity index (χ3v) is 5.10. The largest absolute Gasteiger partial charge is 0.335 e. The molecule has 156 valence electrons. The van der Waals surface area contributed by atoms with Crippen LogP contribution in [0.4, 0.5) is 0 Å². The van der Waals surface area contributed by atoms with Gasteiger partial charge < -0.3 is 4.90 Å². The number of hydrogen-bond acceptors (Lipinski definition) is 6. The van der Waals surface area contributed by atoms with Crippen molar-refractivity contribution in [3.63, 3.8) is 0 Å². The van der Waals surface area contributed by atoms with Crippen LogP contribution in [0.3, 0.4) is 0 Å². The highest BCUT2D eigenvalue weighted by molar-refractivity contribution is 5.92. The molecule has 0 unspecified atom stereocenters. The number of amides is 1. The normalized spacial score (nSPS) is 15.5. The summed E-state index contributed by atoms with van der Waals surface area (Å²) in [6, 6.07) is 6.19. The van der Waals surface area contributed by atoms with Gasteiger partial charge in [-0.3, -0.25) is 19.3 Å². The fourth-order valence-electron chi connectivity index (χ4n) is 3.20. The minimum atomic E-state index is -0.245. The highest BCUT2D eigenvalue weighted by Gasteiger charge is 2.23. The maximum absolute atomic E-state index is 12.6. The van der Waals surface area contributed by atoms with Gasteiger partial charge in [0.1, 0.15) is 5.69 Å². The van der Waals surface area contributed by atoms with Crippen LogP contribution in [0.5, 0.6) is 0 Å². The van der Waals surface area contributed by atoms with Gasteiger partial charge in [0.05, 0.1) is 12.2 Å². The summed E-state index contributed by atoms with van der Waals surface area (Å²) in [5.41, 5.74) is 0.696. The summed E-state index contributed by atoms with van der Waals surface area (Å²) < 4.78 is 2.69. The van der Waals surface area contributed by atoms with E-state index in [-0.39, 0.29) is 28.1 Å². The maximum atomic E-state index is 12.6. The summed E-state index contributed by atoms with van der Waals surface area (Å²) in [4.78, 5) is 40.1. The minimum absolute atomic E-state index is 0.104. The van der Waals surface area contributed by atoms with Crippen molar-refractivity contribution in [2.24, 2.45) is 7.05 Å². The quantitative estimate of drug-likeness (QED) is 0.722. The molecule has 0 aromatic carbocycles. The Kier molecular flexibility index (Phi) is 5.97. The fourth-order valence-corrected chi connectivity index (χ4v) is 3.20. The summed E-state index contributed by atoms with van der Waals surface area (Å²) in [6.07, 6.45) is 0. The Bertz CT molecular complexity index is 996. The van der Waals surface area contributed by atoms with Crippen molar-refractivity contribution in [2.45, 2.75) is 32.7 Å². The molecule has 0 N–H and O–H groups in total. The first-order chi connectivity index (χ1) is 13.6. The molecule has 0 saturated carbocycles. The molecule has 3 rings (SSSR count). The molecule has 1 fully saturated rings. The first-order valence-electron chi connectivity index (χ1n) is 9.80. The molecule has 1 amide bonds. The van der Waals surface area contributed by atoms with E-state index in [1.165, 1.54) is 28.5 Å². The number of nitrogens with zero attached hydrogens (tertiary/aromatic N) is 6. The van der Waals surface area contributed by atoms with Gasteiger partial charge in [-0.25, -0.2) is 9.36 Å². The Balaban J connectivity index is 1.56. The van der Waals surface area contributed by atoms with Crippen molar-refractivity contribution in [1.82, 2.24) is 29.4 Å². The molecule has 2 aromatic heterocycles. The van der Waals surface area contributed by atoms with Gasteiger partial charge >= 0.3 is 0 Å². The van der Waals surface area contributed by atoms with E-state index < -0.39 is 0 Å². The van der Waals surface area contributed by atoms with Crippen molar-refractivity contribution < 1.29 is 4.79 Å². The second kappa shape index (κ2) is 8.28. The van der Waals surface area contributed by atoms with Gasteiger partial charge in [-0.1, -0.05) is 20.8 Å². The highest BCUT2D eigenvalue weighted by Crippen LogP contribution is 2.18. The lowest BCUT2D eigenvalue weighted by Gasteiger charge is -2.34. The lowest BCUT2D eigenvalue weighted by atomic mass is 9.92. The number of aryl methyl sites for hydroxylation is 1. The van der Waals surface area contributed by atoms with Crippen LogP contribution in [0.2, 0.25) is 0 Å². The van der Waals surface area contributed by atoms with Crippen LogP contribution in [0.25, 0.3) is 0 Å². The number of aromatic nitrogens is 4. The zero-order valence-corrected chi connectivity index (χ0v) is 17.5. The van der Waals surface area contributed by atoms with Crippen LogP contribution < -0.4 is 11.1 Å². The summed E-state index contributed by atoms with van der Waals surface area (Å²) in [5, 5.41) is 8.54. The molecule has 9 nitrogen and oxygen atoms in total. The second-order valence-electron chi connectivity index (χ2n) is 8.34. The molecule has 0 spiro atoms. The molecule has 1 saturated heterocycles. The van der Waals surface area contributed by atoms with Crippen LogP contribution in [-0.2, 0) is 19.0 Å². The molecule has 9 heteroatoms. The Morgan fingerprint density at radius 1 is 0.931 bits per heavy atom. The van der Waals surface area contributed by atoms with Crippen molar-refractivity contribution in [3.05, 3.63) is 56.4 Å². The molecule has 29 heavy (non-hydrogen) atoms. The van der Waals surface area contributed by atoms with Gasteiger partial charge in [-0.15, -0.1) is 0 Å². The van der Waals surface area contributed by atoms with Gasteiger partial charge in [0, 0.05) is 57.3 Å². The zero-order valence-electron chi connectivity index (χ0n) is 17.5. The summed E-state index contributed by atoms with van der Waals surface area (Å²) in [6.45, 7) is 10.00. The topological polar surface area (TPSA) is 93.3 Å². The van der Waals surface area contributed by atoms with Crippen molar-refractivity contribution in [1.29, 1.82) is 0 Å². The van der Waals surface area contributed by atoms with E-state index in [1.807, 2.05) is 0 Å². The van der Waals surface area contributed by atoms with Crippen LogP contribution in [0, 0.1) is 0 Å². The van der Waals surface area contributed by atoms with E-state index in [0.29, 0.717) is 39.3 Å². The van der Waals surface area contributed by atoms with E-state index in [2.05, 4.69) is 35.9 Å². The van der Waals surface area contributed by atoms with Crippen LogP contribution in [0.15, 0.2) is 33.9 Å². The van der Waals surface area contributed by atoms with Gasteiger partial charge in [-0.2, -0.15) is 10.2 Å². The summed E-state index contributed by atoms with van der Waals surface area (Å²) in [5.74, 6) is -0.170. The van der Waals surface area contributed by atoms with Gasteiger partial charge in [0.2, 0.25) is 0 Å². The maximum Gasteiger partial charge on any atom is 0.274 e. The Hall–Kier alpha value is -2.81. The van der Waals surface area contributed by atoms with E-state index in [0.717, 1.165) is 5.69 Å². The Morgan fingerprint density at radius 3 is 2.21 bits per heavy atom. The molecule has 0 radical (unpaired) electrons. The highest BCUT2D eigenvalue weighted by atomic mass is 16.2. The Labute approximate surface area is 169 Å². The molecule has 3 heterocycles. The predicted molar refractivity (Wildman–Crippen MR) is 109 cm³/mol. The molecular formula is C20H28N6O3. The molecule has 1 aliphatic rings. The van der Waals surface area contributed by atoms with Gasteiger partial charge in [-0.05, 0) is 12.1 Å². The molecule has 2 aromatic rings. The average Bonchev–Trinajstić information content (AvgIpc) is 2.68. The first-order valence-corrected chi connectivity index (χ1v) is 9.80. The van der Waals surface area contributed by atoms with Gasteiger partial charge in [0.25, 0.3) is 17.0 Å². The van der Waals surface area contributed by atoms with Crippen molar-refractivity contribution in [2.75, 3.05) is 32.7 Å². The molecular weight excluding hydrogens is 372 g/mol. The van der Waals surface area contributed by atoms with Crippen LogP contribution in [0.1, 0.15) is 37.0 Å². The number of hydrogen-bond donors (Lipinski definition) is 0. The average molecular weight is 400 g/mol. The monoisotopic (exact) mass is 400 g/mol. The molecule has 0 bridgehead atoms. The lowest BCUT2D eigenvalue weighted by molar-refractivity contribution is 0.0623. The van der Waals surface area contributed by atoms with E-state index in [4.69, 9.17) is 0 Å². The smallest absolute Gasteiger partial charge is 0.274 e. The summed E-state index contributed by atoms with van der Waals surface area (Å²) >= 11 is 0. The zero-order chi connectivity index (χ0) is 21.2. The number of piperazine rings is 1. The fraction of sp³-hybridized carbons (Fsp3) is 0.550.